The van der Waals surface area contributed by atoms with Crippen LogP contribution in [0.2, 0.25) is 0 Å². The lowest BCUT2D eigenvalue weighted by Crippen LogP contribution is -2.36. The van der Waals surface area contributed by atoms with Gasteiger partial charge in [0.05, 0.1) is 22.9 Å². The lowest BCUT2D eigenvalue weighted by Gasteiger charge is -2.28. The van der Waals surface area contributed by atoms with Crippen LogP contribution in [0.25, 0.3) is 0 Å². The number of carbonyl (C=O) groups excluding carboxylic acids is 2. The summed E-state index contributed by atoms with van der Waals surface area (Å²) in [5.41, 5.74) is 1.14. The van der Waals surface area contributed by atoms with Gasteiger partial charge >= 0.3 is 0 Å². The number of ether oxygens (including phenoxy) is 1. The van der Waals surface area contributed by atoms with E-state index in [-0.39, 0.29) is 17.7 Å². The first-order valence-corrected chi connectivity index (χ1v) is 9.67. The SMILES string of the molecule is COc1cccc(C(CNC(=O)c2ccc(C(C)=O)s2)N2CCCC2)c1. The van der Waals surface area contributed by atoms with Crippen molar-refractivity contribution in [3.63, 3.8) is 0 Å². The molecular weight excluding hydrogens is 348 g/mol. The lowest BCUT2D eigenvalue weighted by molar-refractivity contribution is 0.0941. The molecule has 1 N–H and O–H groups in total. The predicted molar refractivity (Wildman–Crippen MR) is 103 cm³/mol. The molecule has 2 heterocycles. The molecule has 138 valence electrons. The fourth-order valence-corrected chi connectivity index (χ4v) is 4.10. The van der Waals surface area contributed by atoms with Gasteiger partial charge in [0.1, 0.15) is 5.75 Å². The highest BCUT2D eigenvalue weighted by molar-refractivity contribution is 7.15. The quantitative estimate of drug-likeness (QED) is 0.756. The summed E-state index contributed by atoms with van der Waals surface area (Å²) in [6.07, 6.45) is 2.36. The Morgan fingerprint density at radius 1 is 1.19 bits per heavy atom. The minimum atomic E-state index is -0.130. The van der Waals surface area contributed by atoms with Gasteiger partial charge in [-0.3, -0.25) is 14.5 Å². The number of amides is 1. The van der Waals surface area contributed by atoms with Gasteiger partial charge in [0.2, 0.25) is 0 Å². The molecule has 5 nitrogen and oxygen atoms in total. The molecule has 1 unspecified atom stereocenters. The number of methoxy groups -OCH3 is 1. The van der Waals surface area contributed by atoms with Crippen molar-refractivity contribution in [3.05, 3.63) is 51.7 Å². The maximum absolute atomic E-state index is 12.5. The number of ketones is 1. The Kier molecular flexibility index (Phi) is 6.06. The van der Waals surface area contributed by atoms with Crippen LogP contribution in [-0.2, 0) is 0 Å². The van der Waals surface area contributed by atoms with Crippen molar-refractivity contribution in [2.24, 2.45) is 0 Å². The molecule has 0 saturated carbocycles. The van der Waals surface area contributed by atoms with Crippen LogP contribution in [0.1, 0.15) is 50.7 Å². The Labute approximate surface area is 158 Å². The molecule has 1 saturated heterocycles. The van der Waals surface area contributed by atoms with Crippen LogP contribution >= 0.6 is 11.3 Å². The van der Waals surface area contributed by atoms with Crippen molar-refractivity contribution >= 4 is 23.0 Å². The van der Waals surface area contributed by atoms with Gasteiger partial charge in [0.15, 0.2) is 5.78 Å². The molecule has 0 aliphatic carbocycles. The van der Waals surface area contributed by atoms with E-state index >= 15 is 0 Å². The Morgan fingerprint density at radius 2 is 1.92 bits per heavy atom. The number of Topliss-reactive ketones (excluding diaryl/α,β-unsaturated/α-hetero) is 1. The van der Waals surface area contributed by atoms with Gasteiger partial charge in [-0.1, -0.05) is 12.1 Å². The van der Waals surface area contributed by atoms with E-state index in [0.717, 1.165) is 24.4 Å². The normalized spacial score (nSPS) is 15.6. The average molecular weight is 372 g/mol. The minimum absolute atomic E-state index is 0.0135. The topological polar surface area (TPSA) is 58.6 Å². The highest BCUT2D eigenvalue weighted by Gasteiger charge is 2.24. The fourth-order valence-electron chi connectivity index (χ4n) is 3.29. The summed E-state index contributed by atoms with van der Waals surface area (Å²) in [4.78, 5) is 27.5. The molecule has 2 aromatic rings. The molecule has 26 heavy (non-hydrogen) atoms. The molecule has 3 rings (SSSR count). The zero-order valence-corrected chi connectivity index (χ0v) is 16.0. The van der Waals surface area contributed by atoms with E-state index in [1.54, 1.807) is 19.2 Å². The molecule has 0 spiro atoms. The summed E-state index contributed by atoms with van der Waals surface area (Å²) >= 11 is 1.24. The van der Waals surface area contributed by atoms with E-state index in [2.05, 4.69) is 16.3 Å². The number of thiophene rings is 1. The van der Waals surface area contributed by atoms with Crippen molar-refractivity contribution in [2.45, 2.75) is 25.8 Å². The molecule has 0 bridgehead atoms. The van der Waals surface area contributed by atoms with E-state index in [1.807, 2.05) is 18.2 Å². The first kappa shape index (κ1) is 18.6. The maximum Gasteiger partial charge on any atom is 0.261 e. The minimum Gasteiger partial charge on any atom is -0.497 e. The number of hydrogen-bond acceptors (Lipinski definition) is 5. The van der Waals surface area contributed by atoms with Gasteiger partial charge in [-0.15, -0.1) is 11.3 Å². The predicted octanol–water partition coefficient (Wildman–Crippen LogP) is 3.53. The zero-order chi connectivity index (χ0) is 18.5. The van der Waals surface area contributed by atoms with E-state index in [9.17, 15) is 9.59 Å². The molecule has 1 fully saturated rings. The van der Waals surface area contributed by atoms with Gasteiger partial charge in [-0.25, -0.2) is 0 Å². The highest BCUT2D eigenvalue weighted by atomic mass is 32.1. The number of nitrogens with zero attached hydrogens (tertiary/aromatic N) is 1. The number of nitrogens with one attached hydrogen (secondary N) is 1. The number of likely N-dealkylation sites (tertiary alicyclic amines) is 1. The summed E-state index contributed by atoms with van der Waals surface area (Å²) in [5, 5.41) is 3.04. The summed E-state index contributed by atoms with van der Waals surface area (Å²) in [5.74, 6) is 0.678. The third-order valence-corrected chi connectivity index (χ3v) is 5.88. The van der Waals surface area contributed by atoms with Crippen LogP contribution in [0.4, 0.5) is 0 Å². The molecular formula is C20H24N2O3S. The fraction of sp³-hybridized carbons (Fsp3) is 0.400. The van der Waals surface area contributed by atoms with Crippen molar-refractivity contribution < 1.29 is 14.3 Å². The first-order chi connectivity index (χ1) is 12.6. The zero-order valence-electron chi connectivity index (χ0n) is 15.2. The average Bonchev–Trinajstić information content (AvgIpc) is 3.34. The highest BCUT2D eigenvalue weighted by Crippen LogP contribution is 2.27. The lowest BCUT2D eigenvalue weighted by atomic mass is 10.0. The summed E-state index contributed by atoms with van der Waals surface area (Å²) in [6.45, 7) is 4.11. The Hall–Kier alpha value is -2.18. The van der Waals surface area contributed by atoms with Crippen molar-refractivity contribution in [1.29, 1.82) is 0 Å². The number of hydrogen-bond donors (Lipinski definition) is 1. The van der Waals surface area contributed by atoms with Crippen LogP contribution in [0.15, 0.2) is 36.4 Å². The van der Waals surface area contributed by atoms with Gasteiger partial charge in [-0.2, -0.15) is 0 Å². The summed E-state index contributed by atoms with van der Waals surface area (Å²) in [7, 11) is 1.66. The van der Waals surface area contributed by atoms with Gasteiger partial charge in [0, 0.05) is 6.54 Å². The Bertz CT molecular complexity index is 781. The maximum atomic E-state index is 12.5. The summed E-state index contributed by atoms with van der Waals surface area (Å²) < 4.78 is 5.35. The second-order valence-corrected chi connectivity index (χ2v) is 7.55. The van der Waals surface area contributed by atoms with Crippen molar-refractivity contribution in [1.82, 2.24) is 10.2 Å². The van der Waals surface area contributed by atoms with Gasteiger partial charge in [0.25, 0.3) is 5.91 Å². The molecule has 1 amide bonds. The standard InChI is InChI=1S/C20H24N2O3S/c1-14(23)18-8-9-19(26-18)20(24)21-13-17(22-10-3-4-11-22)15-6-5-7-16(12-15)25-2/h5-9,12,17H,3-4,10-11,13H2,1-2H3,(H,21,24). The summed E-state index contributed by atoms with van der Waals surface area (Å²) in [6, 6.07) is 11.6. The molecule has 0 radical (unpaired) electrons. The van der Waals surface area contributed by atoms with Crippen LogP contribution in [0.3, 0.4) is 0 Å². The van der Waals surface area contributed by atoms with Gasteiger partial charge in [-0.05, 0) is 62.7 Å². The monoisotopic (exact) mass is 372 g/mol. The van der Waals surface area contributed by atoms with Crippen LogP contribution in [-0.4, -0.2) is 43.3 Å². The molecule has 1 atom stereocenters. The van der Waals surface area contributed by atoms with E-state index in [1.165, 1.54) is 31.1 Å². The number of carbonyl (C=O) groups is 2. The smallest absolute Gasteiger partial charge is 0.261 e. The van der Waals surface area contributed by atoms with Crippen LogP contribution in [0, 0.1) is 0 Å². The van der Waals surface area contributed by atoms with Gasteiger partial charge < -0.3 is 10.1 Å². The first-order valence-electron chi connectivity index (χ1n) is 8.85. The van der Waals surface area contributed by atoms with E-state index < -0.39 is 0 Å². The second-order valence-electron chi connectivity index (χ2n) is 6.47. The van der Waals surface area contributed by atoms with Crippen molar-refractivity contribution in [3.8, 4) is 5.75 Å². The molecule has 1 aliphatic rings. The third-order valence-electron chi connectivity index (χ3n) is 4.69. The molecule has 1 aromatic heterocycles. The van der Waals surface area contributed by atoms with E-state index in [4.69, 9.17) is 4.74 Å². The largest absolute Gasteiger partial charge is 0.497 e. The Morgan fingerprint density at radius 3 is 2.58 bits per heavy atom. The molecule has 1 aliphatic heterocycles. The van der Waals surface area contributed by atoms with Crippen LogP contribution < -0.4 is 10.1 Å². The number of benzene rings is 1. The molecule has 6 heteroatoms. The van der Waals surface area contributed by atoms with E-state index in [0.29, 0.717) is 16.3 Å². The van der Waals surface area contributed by atoms with Crippen LogP contribution in [0.5, 0.6) is 5.75 Å². The van der Waals surface area contributed by atoms with Crippen molar-refractivity contribution in [2.75, 3.05) is 26.7 Å². The number of rotatable bonds is 7. The molecule has 1 aromatic carbocycles. The third kappa shape index (κ3) is 4.31. The second kappa shape index (κ2) is 8.47. The Balaban J connectivity index is 1.72.